The molecule has 4 aromatic rings. The lowest BCUT2D eigenvalue weighted by atomic mass is 9.98. The Balaban J connectivity index is 1.43. The van der Waals surface area contributed by atoms with Gasteiger partial charge < -0.3 is 26.0 Å². The summed E-state index contributed by atoms with van der Waals surface area (Å²) >= 11 is 0. The molecule has 1 unspecified atom stereocenters. The number of halogens is 1. The first-order valence-electron chi connectivity index (χ1n) is 15.8. The highest BCUT2D eigenvalue weighted by Crippen LogP contribution is 2.37. The van der Waals surface area contributed by atoms with Crippen LogP contribution in [0.3, 0.4) is 0 Å². The molecule has 12 heteroatoms. The van der Waals surface area contributed by atoms with Gasteiger partial charge in [0.15, 0.2) is 9.84 Å². The van der Waals surface area contributed by atoms with Crippen molar-refractivity contribution in [2.24, 2.45) is 0 Å². The fourth-order valence-corrected chi connectivity index (χ4v) is 7.72. The third-order valence-corrected chi connectivity index (χ3v) is 11.0. The quantitative estimate of drug-likeness (QED) is 0.203. The van der Waals surface area contributed by atoms with E-state index in [1.165, 1.54) is 11.0 Å². The van der Waals surface area contributed by atoms with Crippen molar-refractivity contribution in [3.05, 3.63) is 83.3 Å². The van der Waals surface area contributed by atoms with Crippen molar-refractivity contribution < 1.29 is 27.1 Å². The van der Waals surface area contributed by atoms with E-state index in [0.717, 1.165) is 24.6 Å². The van der Waals surface area contributed by atoms with Crippen LogP contribution < -0.4 is 21.1 Å². The van der Waals surface area contributed by atoms with Gasteiger partial charge in [0.25, 0.3) is 0 Å². The molecular formula is C35H38FN5O5S. The van der Waals surface area contributed by atoms with E-state index in [1.54, 1.807) is 49.5 Å². The van der Waals surface area contributed by atoms with Gasteiger partial charge >= 0.3 is 0 Å². The topological polar surface area (TPSA) is 144 Å². The fourth-order valence-electron chi connectivity index (χ4n) is 5.86. The van der Waals surface area contributed by atoms with Crippen LogP contribution in [0.5, 0.6) is 5.75 Å². The van der Waals surface area contributed by atoms with Gasteiger partial charge in [-0.25, -0.2) is 17.8 Å². The summed E-state index contributed by atoms with van der Waals surface area (Å²) in [6, 6.07) is 14.2. The minimum Gasteiger partial charge on any atom is -0.493 e. The molecule has 0 spiro atoms. The number of hydrogen-bond acceptors (Lipinski definition) is 8. The monoisotopic (exact) mass is 659 g/mol. The Morgan fingerprint density at radius 3 is 2.62 bits per heavy atom. The number of nitrogens with two attached hydrogens (primary N) is 1. The normalized spacial score (nSPS) is 17.3. The maximum Gasteiger partial charge on any atom is 0.249 e. The van der Waals surface area contributed by atoms with Gasteiger partial charge in [-0.3, -0.25) is 9.59 Å². The minimum absolute atomic E-state index is 0.0262. The molecule has 0 saturated heterocycles. The van der Waals surface area contributed by atoms with Crippen molar-refractivity contribution in [3.8, 4) is 5.75 Å². The van der Waals surface area contributed by atoms with Crippen LogP contribution in [0.1, 0.15) is 61.8 Å². The second kappa shape index (κ2) is 13.2. The second-order valence-electron chi connectivity index (χ2n) is 12.2. The molecule has 0 radical (unpaired) electrons. The summed E-state index contributed by atoms with van der Waals surface area (Å²) < 4.78 is 47.6. The third-order valence-electron chi connectivity index (χ3n) is 8.62. The molecule has 10 nitrogen and oxygen atoms in total. The van der Waals surface area contributed by atoms with Gasteiger partial charge in [0.1, 0.15) is 23.4 Å². The molecule has 2 amide bonds. The molecule has 1 aliphatic heterocycles. The molecular weight excluding hydrogens is 621 g/mol. The molecule has 4 bridgehead atoms. The van der Waals surface area contributed by atoms with Crippen LogP contribution in [0.25, 0.3) is 10.8 Å². The number of sulfone groups is 1. The van der Waals surface area contributed by atoms with E-state index in [2.05, 4.69) is 22.5 Å². The van der Waals surface area contributed by atoms with Gasteiger partial charge in [-0.15, -0.1) is 0 Å². The minimum atomic E-state index is -3.60. The maximum atomic E-state index is 14.8. The molecule has 2 heterocycles. The number of nitrogens with zero attached hydrogens (tertiary/aromatic N) is 2. The molecule has 1 saturated carbocycles. The molecule has 1 aliphatic carbocycles. The number of nitrogens with one attached hydrogen (secondary N) is 2. The van der Waals surface area contributed by atoms with Crippen molar-refractivity contribution in [2.45, 2.75) is 68.2 Å². The zero-order chi connectivity index (χ0) is 33.3. The van der Waals surface area contributed by atoms with Gasteiger partial charge in [0.05, 0.1) is 22.9 Å². The SMILES string of the molecule is CCCCOc1ccc2cc1CCC(=O)Nc1ccc(S(=O)(=O)C3CC3)c(c1)CN(C)C(=O)C2Nc1ccc2c(N)ncc(F)c2c1. The molecule has 1 fully saturated rings. The first kappa shape index (κ1) is 32.2. The Labute approximate surface area is 273 Å². The van der Waals surface area contributed by atoms with Crippen LogP contribution in [0, 0.1) is 5.82 Å². The van der Waals surface area contributed by atoms with Gasteiger partial charge in [-0.05, 0) is 90.9 Å². The molecule has 1 aromatic heterocycles. The number of benzene rings is 3. The maximum absolute atomic E-state index is 14.8. The highest BCUT2D eigenvalue weighted by atomic mass is 32.2. The van der Waals surface area contributed by atoms with E-state index in [4.69, 9.17) is 10.5 Å². The number of fused-ring (bicyclic) bond motifs is 5. The number of anilines is 3. The first-order chi connectivity index (χ1) is 22.5. The van der Waals surface area contributed by atoms with Crippen molar-refractivity contribution in [3.63, 3.8) is 0 Å². The number of carbonyl (C=O) groups excluding carboxylic acids is 2. The van der Waals surface area contributed by atoms with Gasteiger partial charge in [-0.2, -0.15) is 0 Å². The Kier molecular flexibility index (Phi) is 9.05. The lowest BCUT2D eigenvalue weighted by Gasteiger charge is -2.28. The number of aryl methyl sites for hydroxylation is 1. The summed E-state index contributed by atoms with van der Waals surface area (Å²) in [5.74, 6) is -0.304. The number of unbranched alkanes of at least 4 members (excludes halogenated alkanes) is 1. The van der Waals surface area contributed by atoms with Crippen LogP contribution in [0.15, 0.2) is 65.7 Å². The number of aromatic nitrogens is 1. The van der Waals surface area contributed by atoms with Gasteiger partial charge in [0, 0.05) is 42.2 Å². The second-order valence-corrected chi connectivity index (χ2v) is 14.4. The van der Waals surface area contributed by atoms with E-state index < -0.39 is 26.9 Å². The summed E-state index contributed by atoms with van der Waals surface area (Å²) in [6.45, 7) is 2.56. The highest BCUT2D eigenvalue weighted by Gasteiger charge is 2.38. The Morgan fingerprint density at radius 1 is 1.04 bits per heavy atom. The number of likely N-dealkylation sites (N-methyl/N-ethyl adjacent to an activating group) is 1. The predicted molar refractivity (Wildman–Crippen MR) is 179 cm³/mol. The molecule has 246 valence electrons. The van der Waals surface area contributed by atoms with E-state index in [-0.39, 0.29) is 40.9 Å². The summed E-state index contributed by atoms with van der Waals surface area (Å²) in [6.07, 6.45) is 4.54. The van der Waals surface area contributed by atoms with Crippen molar-refractivity contribution in [1.29, 1.82) is 0 Å². The van der Waals surface area contributed by atoms with Crippen LogP contribution in [0.4, 0.5) is 21.6 Å². The highest BCUT2D eigenvalue weighted by molar-refractivity contribution is 7.92. The molecule has 3 aromatic carbocycles. The predicted octanol–water partition coefficient (Wildman–Crippen LogP) is 5.77. The molecule has 6 rings (SSSR count). The largest absolute Gasteiger partial charge is 0.493 e. The number of rotatable bonds is 8. The number of pyridine rings is 1. The standard InChI is InChI=1S/C35H38FN5O5S/c1-3-4-15-46-30-12-5-22-16-21(30)6-14-32(42)39-24-8-13-31(47(44,45)26-9-10-26)23(17-24)20-41(2)35(43)33(22)40-25-7-11-27-28(18-25)29(36)19-38-34(27)37/h5,7-8,11-13,16-19,26,33,40H,3-4,6,9-10,14-15,20H2,1-2H3,(H2,37,38)(H,39,42). The van der Waals surface area contributed by atoms with E-state index in [0.29, 0.717) is 59.5 Å². The summed E-state index contributed by atoms with van der Waals surface area (Å²) in [5, 5.41) is 6.44. The molecule has 4 N–H and O–H groups in total. The summed E-state index contributed by atoms with van der Waals surface area (Å²) in [4.78, 5) is 33.0. The Morgan fingerprint density at radius 2 is 1.85 bits per heavy atom. The third kappa shape index (κ3) is 6.87. The summed E-state index contributed by atoms with van der Waals surface area (Å²) in [7, 11) is -2.00. The average Bonchev–Trinajstić information content (AvgIpc) is 3.91. The van der Waals surface area contributed by atoms with Gasteiger partial charge in [-0.1, -0.05) is 19.4 Å². The van der Waals surface area contributed by atoms with Crippen LogP contribution >= 0.6 is 0 Å². The molecule has 1 atom stereocenters. The van der Waals surface area contributed by atoms with Crippen LogP contribution in [0.2, 0.25) is 0 Å². The zero-order valence-electron chi connectivity index (χ0n) is 26.4. The lowest BCUT2D eigenvalue weighted by Crippen LogP contribution is -2.35. The van der Waals surface area contributed by atoms with E-state index in [9.17, 15) is 22.4 Å². The summed E-state index contributed by atoms with van der Waals surface area (Å²) in [5.41, 5.74) is 8.69. The van der Waals surface area contributed by atoms with Gasteiger partial charge in [0.2, 0.25) is 11.8 Å². The number of carbonyl (C=O) groups is 2. The smallest absolute Gasteiger partial charge is 0.249 e. The molecule has 2 aliphatic rings. The Hall–Kier alpha value is -4.71. The Bertz CT molecular complexity index is 1960. The zero-order valence-corrected chi connectivity index (χ0v) is 27.2. The number of hydrogen-bond donors (Lipinski definition) is 3. The average molecular weight is 660 g/mol. The van der Waals surface area contributed by atoms with E-state index >= 15 is 0 Å². The number of nitrogen functional groups attached to an aromatic ring is 1. The first-order valence-corrected chi connectivity index (χ1v) is 17.4. The van der Waals surface area contributed by atoms with Crippen molar-refractivity contribution in [2.75, 3.05) is 30.0 Å². The number of ether oxygens (including phenoxy) is 1. The van der Waals surface area contributed by atoms with Crippen LogP contribution in [-0.4, -0.2) is 49.0 Å². The van der Waals surface area contributed by atoms with Crippen molar-refractivity contribution >= 4 is 49.6 Å². The van der Waals surface area contributed by atoms with Crippen molar-refractivity contribution in [1.82, 2.24) is 9.88 Å². The molecule has 47 heavy (non-hydrogen) atoms. The van der Waals surface area contributed by atoms with Crippen LogP contribution in [-0.2, 0) is 32.4 Å². The van der Waals surface area contributed by atoms with E-state index in [1.807, 2.05) is 6.07 Å². The number of amides is 2. The lowest BCUT2D eigenvalue weighted by molar-refractivity contribution is -0.131. The fraction of sp³-hybridized carbons (Fsp3) is 0.343.